The molecule has 0 spiro atoms. The highest BCUT2D eigenvalue weighted by molar-refractivity contribution is 5.85. The van der Waals surface area contributed by atoms with Gasteiger partial charge >= 0.3 is 0 Å². The minimum Gasteiger partial charge on any atom is -0.493 e. The molecule has 0 unspecified atom stereocenters. The van der Waals surface area contributed by atoms with Crippen molar-refractivity contribution in [3.05, 3.63) is 94.8 Å². The largest absolute Gasteiger partial charge is 0.493 e. The summed E-state index contributed by atoms with van der Waals surface area (Å²) in [4.78, 5) is 0. The Kier molecular flexibility index (Phi) is 8.30. The van der Waals surface area contributed by atoms with Gasteiger partial charge in [-0.3, -0.25) is 0 Å². The first-order chi connectivity index (χ1) is 13.1. The molecule has 1 N–H and O–H groups in total. The first-order valence-electron chi connectivity index (χ1n) is 8.94. The van der Waals surface area contributed by atoms with E-state index in [0.717, 1.165) is 24.2 Å². The molecule has 0 bridgehead atoms. The number of nitrogens with one attached hydrogen (secondary N) is 1. The van der Waals surface area contributed by atoms with Gasteiger partial charge in [0.05, 0.1) is 7.11 Å². The summed E-state index contributed by atoms with van der Waals surface area (Å²) in [5.74, 6) is 1.11. The van der Waals surface area contributed by atoms with Gasteiger partial charge in [0.2, 0.25) is 0 Å². The lowest BCUT2D eigenvalue weighted by atomic mass is 10.1. The van der Waals surface area contributed by atoms with Gasteiger partial charge < -0.3 is 14.8 Å². The van der Waals surface area contributed by atoms with Gasteiger partial charge in [-0.1, -0.05) is 48.0 Å². The van der Waals surface area contributed by atoms with Crippen LogP contribution in [0.4, 0.5) is 4.39 Å². The van der Waals surface area contributed by atoms with E-state index in [9.17, 15) is 4.39 Å². The highest BCUT2D eigenvalue weighted by Crippen LogP contribution is 2.29. The van der Waals surface area contributed by atoms with Gasteiger partial charge in [0.25, 0.3) is 0 Å². The van der Waals surface area contributed by atoms with Crippen LogP contribution in [0.5, 0.6) is 11.5 Å². The predicted octanol–water partition coefficient (Wildman–Crippen LogP) is 5.43. The van der Waals surface area contributed by atoms with Gasteiger partial charge in [0.15, 0.2) is 11.5 Å². The van der Waals surface area contributed by atoms with E-state index in [0.29, 0.717) is 18.1 Å². The zero-order valence-electron chi connectivity index (χ0n) is 16.1. The van der Waals surface area contributed by atoms with E-state index in [1.165, 1.54) is 23.3 Å². The monoisotopic (exact) mass is 401 g/mol. The Morgan fingerprint density at radius 2 is 1.39 bits per heavy atom. The average Bonchev–Trinajstić information content (AvgIpc) is 2.69. The number of benzene rings is 3. The Hall–Kier alpha value is -2.56. The molecule has 0 aliphatic rings. The summed E-state index contributed by atoms with van der Waals surface area (Å²) in [6.45, 7) is 4.00. The maximum absolute atomic E-state index is 13.0. The van der Waals surface area contributed by atoms with Gasteiger partial charge in [-0.2, -0.15) is 0 Å². The van der Waals surface area contributed by atoms with Gasteiger partial charge in [-0.05, 0) is 47.9 Å². The minimum atomic E-state index is -0.251. The second-order valence-electron chi connectivity index (χ2n) is 6.49. The van der Waals surface area contributed by atoms with Crippen LogP contribution in [0.25, 0.3) is 0 Å². The molecule has 3 nitrogen and oxygen atoms in total. The zero-order valence-corrected chi connectivity index (χ0v) is 16.9. The Morgan fingerprint density at radius 1 is 0.786 bits per heavy atom. The van der Waals surface area contributed by atoms with E-state index in [4.69, 9.17) is 9.47 Å². The third-order valence-electron chi connectivity index (χ3n) is 4.31. The van der Waals surface area contributed by atoms with Crippen molar-refractivity contribution in [2.75, 3.05) is 7.11 Å². The molecule has 0 fully saturated rings. The average molecular weight is 402 g/mol. The van der Waals surface area contributed by atoms with Gasteiger partial charge in [0, 0.05) is 13.1 Å². The summed E-state index contributed by atoms with van der Waals surface area (Å²) in [6.07, 6.45) is 0. The number of ether oxygens (including phenoxy) is 2. The maximum Gasteiger partial charge on any atom is 0.161 e. The van der Waals surface area contributed by atoms with Gasteiger partial charge in [-0.25, -0.2) is 4.39 Å². The third-order valence-corrected chi connectivity index (χ3v) is 4.31. The number of hydrogen-bond donors (Lipinski definition) is 1. The molecule has 0 saturated carbocycles. The fourth-order valence-corrected chi connectivity index (χ4v) is 2.74. The lowest BCUT2D eigenvalue weighted by molar-refractivity contribution is 0.284. The van der Waals surface area contributed by atoms with E-state index in [1.54, 1.807) is 19.2 Å². The first-order valence-corrected chi connectivity index (χ1v) is 8.94. The molecular formula is C23H25ClFNO2. The Bertz CT molecular complexity index is 867. The molecule has 0 atom stereocenters. The molecule has 0 amide bonds. The van der Waals surface area contributed by atoms with Crippen molar-refractivity contribution in [2.24, 2.45) is 0 Å². The number of halogens is 2. The normalized spacial score (nSPS) is 10.2. The second-order valence-corrected chi connectivity index (χ2v) is 6.49. The Labute approximate surface area is 171 Å². The van der Waals surface area contributed by atoms with Crippen LogP contribution in [0.2, 0.25) is 0 Å². The molecule has 0 radical (unpaired) electrons. The molecule has 0 aliphatic heterocycles. The lowest BCUT2D eigenvalue weighted by Crippen LogP contribution is -2.12. The van der Waals surface area contributed by atoms with Crippen LogP contribution in [-0.4, -0.2) is 7.11 Å². The molecular weight excluding hydrogens is 377 g/mol. The van der Waals surface area contributed by atoms with Crippen molar-refractivity contribution in [1.82, 2.24) is 5.32 Å². The van der Waals surface area contributed by atoms with E-state index >= 15 is 0 Å². The molecule has 3 aromatic rings. The van der Waals surface area contributed by atoms with Gasteiger partial charge in [-0.15, -0.1) is 12.4 Å². The number of hydrogen-bond acceptors (Lipinski definition) is 3. The predicted molar refractivity (Wildman–Crippen MR) is 113 cm³/mol. The van der Waals surface area contributed by atoms with Crippen molar-refractivity contribution in [3.8, 4) is 11.5 Å². The third kappa shape index (κ3) is 6.25. The molecule has 0 saturated heterocycles. The molecule has 0 aliphatic carbocycles. The standard InChI is InChI=1S/C23H24FNO2.ClH/c1-17-3-5-18(6-4-17)14-25-15-20-9-12-22(23(13-20)26-2)27-16-19-7-10-21(24)11-8-19;/h3-13,25H,14-16H2,1-2H3;1H. The molecule has 0 aromatic heterocycles. The summed E-state index contributed by atoms with van der Waals surface area (Å²) in [5.41, 5.74) is 4.54. The summed E-state index contributed by atoms with van der Waals surface area (Å²) < 4.78 is 24.3. The van der Waals surface area contributed by atoms with Crippen molar-refractivity contribution >= 4 is 12.4 Å². The van der Waals surface area contributed by atoms with Crippen LogP contribution in [0.15, 0.2) is 66.7 Å². The second kappa shape index (κ2) is 10.7. The Balaban J connectivity index is 0.00000280. The summed E-state index contributed by atoms with van der Waals surface area (Å²) in [5, 5.41) is 3.44. The molecule has 3 rings (SSSR count). The lowest BCUT2D eigenvalue weighted by Gasteiger charge is -2.13. The van der Waals surface area contributed by atoms with Crippen molar-refractivity contribution in [3.63, 3.8) is 0 Å². The molecule has 148 valence electrons. The van der Waals surface area contributed by atoms with Crippen molar-refractivity contribution in [2.45, 2.75) is 26.6 Å². The van der Waals surface area contributed by atoms with Gasteiger partial charge in [0.1, 0.15) is 12.4 Å². The van der Waals surface area contributed by atoms with E-state index in [1.807, 2.05) is 18.2 Å². The quantitative estimate of drug-likeness (QED) is 0.545. The number of aryl methyl sites for hydroxylation is 1. The maximum atomic E-state index is 13.0. The topological polar surface area (TPSA) is 30.5 Å². The molecule has 5 heteroatoms. The van der Waals surface area contributed by atoms with E-state index < -0.39 is 0 Å². The SMILES string of the molecule is COc1cc(CNCc2ccc(C)cc2)ccc1OCc1ccc(F)cc1.Cl. The molecule has 0 heterocycles. The molecule has 28 heavy (non-hydrogen) atoms. The smallest absolute Gasteiger partial charge is 0.161 e. The van der Waals surface area contributed by atoms with Crippen molar-refractivity contribution < 1.29 is 13.9 Å². The fourth-order valence-electron chi connectivity index (χ4n) is 2.74. The molecule has 3 aromatic carbocycles. The Morgan fingerprint density at radius 3 is 2.07 bits per heavy atom. The van der Waals surface area contributed by atoms with E-state index in [-0.39, 0.29) is 18.2 Å². The van der Waals surface area contributed by atoms with E-state index in [2.05, 4.69) is 36.5 Å². The van der Waals surface area contributed by atoms with Crippen LogP contribution in [0.3, 0.4) is 0 Å². The zero-order chi connectivity index (χ0) is 19.1. The minimum absolute atomic E-state index is 0. The summed E-state index contributed by atoms with van der Waals surface area (Å²) >= 11 is 0. The summed E-state index contributed by atoms with van der Waals surface area (Å²) in [7, 11) is 1.63. The number of rotatable bonds is 8. The van der Waals surface area contributed by atoms with Crippen LogP contribution >= 0.6 is 12.4 Å². The van der Waals surface area contributed by atoms with Crippen LogP contribution < -0.4 is 14.8 Å². The van der Waals surface area contributed by atoms with Crippen LogP contribution in [0, 0.1) is 12.7 Å². The van der Waals surface area contributed by atoms with Crippen LogP contribution in [0.1, 0.15) is 22.3 Å². The fraction of sp³-hybridized carbons (Fsp3) is 0.217. The van der Waals surface area contributed by atoms with Crippen LogP contribution in [-0.2, 0) is 19.7 Å². The highest BCUT2D eigenvalue weighted by atomic mass is 35.5. The van der Waals surface area contributed by atoms with Crippen molar-refractivity contribution in [1.29, 1.82) is 0 Å². The highest BCUT2D eigenvalue weighted by Gasteiger charge is 2.07. The number of methoxy groups -OCH3 is 1. The first kappa shape index (κ1) is 21.7. The summed E-state index contributed by atoms with van der Waals surface area (Å²) in [6, 6.07) is 20.7.